The zero-order valence-corrected chi connectivity index (χ0v) is 11.0. The van der Waals surface area contributed by atoms with Crippen molar-refractivity contribution in [1.29, 1.82) is 0 Å². The van der Waals surface area contributed by atoms with Gasteiger partial charge < -0.3 is 10.2 Å². The van der Waals surface area contributed by atoms with Crippen LogP contribution in [0.1, 0.15) is 46.0 Å². The van der Waals surface area contributed by atoms with E-state index in [0.717, 1.165) is 31.5 Å². The van der Waals surface area contributed by atoms with Gasteiger partial charge in [0, 0.05) is 24.2 Å². The van der Waals surface area contributed by atoms with Crippen LogP contribution in [0.2, 0.25) is 0 Å². The van der Waals surface area contributed by atoms with Crippen molar-refractivity contribution in [2.45, 2.75) is 58.0 Å². The van der Waals surface area contributed by atoms with Crippen molar-refractivity contribution in [2.75, 3.05) is 13.1 Å². The van der Waals surface area contributed by atoms with Crippen molar-refractivity contribution in [3.05, 3.63) is 11.6 Å². The molecular formula is C14H24N2O. The number of hydrogen-bond acceptors (Lipinski definition) is 2. The molecule has 0 aromatic carbocycles. The molecule has 2 aliphatic heterocycles. The van der Waals surface area contributed by atoms with Crippen LogP contribution < -0.4 is 5.32 Å². The number of carbonyl (C=O) groups is 1. The molecule has 0 spiro atoms. The van der Waals surface area contributed by atoms with E-state index in [2.05, 4.69) is 17.1 Å². The second-order valence-electron chi connectivity index (χ2n) is 5.21. The predicted octanol–water partition coefficient (Wildman–Crippen LogP) is 2.09. The van der Waals surface area contributed by atoms with Crippen molar-refractivity contribution in [1.82, 2.24) is 10.2 Å². The fourth-order valence-corrected chi connectivity index (χ4v) is 3.12. The first-order valence-electron chi connectivity index (χ1n) is 6.95. The third-order valence-electron chi connectivity index (χ3n) is 3.97. The van der Waals surface area contributed by atoms with Crippen molar-refractivity contribution < 1.29 is 4.79 Å². The Hall–Kier alpha value is -0.830. The summed E-state index contributed by atoms with van der Waals surface area (Å²) in [5.41, 5.74) is 0.914. The lowest BCUT2D eigenvalue weighted by molar-refractivity contribution is -0.128. The molecule has 3 nitrogen and oxygen atoms in total. The molecule has 0 saturated carbocycles. The van der Waals surface area contributed by atoms with Gasteiger partial charge in [0.2, 0.25) is 5.91 Å². The van der Waals surface area contributed by atoms with E-state index in [-0.39, 0.29) is 5.91 Å². The highest BCUT2D eigenvalue weighted by Crippen LogP contribution is 2.26. The van der Waals surface area contributed by atoms with Crippen LogP contribution in [-0.4, -0.2) is 36.0 Å². The monoisotopic (exact) mass is 236 g/mol. The number of nitrogens with one attached hydrogen (secondary N) is 1. The lowest BCUT2D eigenvalue weighted by atomic mass is 10.0. The largest absolute Gasteiger partial charge is 0.334 e. The van der Waals surface area contributed by atoms with Crippen LogP contribution in [0.15, 0.2) is 11.6 Å². The molecule has 96 valence electrons. The summed E-state index contributed by atoms with van der Waals surface area (Å²) < 4.78 is 0. The Labute approximate surface area is 104 Å². The first-order chi connectivity index (χ1) is 8.24. The Morgan fingerprint density at radius 3 is 2.88 bits per heavy atom. The number of allylic oxidation sites excluding steroid dienone is 1. The Bertz CT molecular complexity index is 305. The maximum Gasteiger partial charge on any atom is 0.249 e. The van der Waals surface area contributed by atoms with E-state index in [1.807, 2.05) is 13.0 Å². The molecule has 17 heavy (non-hydrogen) atoms. The average Bonchev–Trinajstić information content (AvgIpc) is 2.98. The molecule has 0 radical (unpaired) electrons. The lowest BCUT2D eigenvalue weighted by Gasteiger charge is -2.29. The van der Waals surface area contributed by atoms with Crippen LogP contribution in [0.25, 0.3) is 0 Å². The zero-order chi connectivity index (χ0) is 12.3. The van der Waals surface area contributed by atoms with Gasteiger partial charge in [0.1, 0.15) is 0 Å². The SMILES string of the molecule is CCC=C(C)C(=O)N1CCCC1C1CCCN1. The quantitative estimate of drug-likeness (QED) is 0.761. The summed E-state index contributed by atoms with van der Waals surface area (Å²) in [6, 6.07) is 0.973. The molecule has 2 rings (SSSR count). The van der Waals surface area contributed by atoms with E-state index in [1.165, 1.54) is 19.3 Å². The van der Waals surface area contributed by atoms with E-state index in [4.69, 9.17) is 0 Å². The standard InChI is InChI=1S/C14H24N2O/c1-3-6-11(2)14(17)16-10-5-8-13(16)12-7-4-9-15-12/h6,12-13,15H,3-5,7-10H2,1-2H3. The van der Waals surface area contributed by atoms with Crippen LogP contribution >= 0.6 is 0 Å². The summed E-state index contributed by atoms with van der Waals surface area (Å²) in [5, 5.41) is 3.54. The summed E-state index contributed by atoms with van der Waals surface area (Å²) >= 11 is 0. The minimum atomic E-state index is 0.253. The number of amides is 1. The first-order valence-corrected chi connectivity index (χ1v) is 6.95. The summed E-state index contributed by atoms with van der Waals surface area (Å²) in [6.07, 6.45) is 7.80. The van der Waals surface area contributed by atoms with E-state index in [1.54, 1.807) is 0 Å². The molecule has 2 atom stereocenters. The van der Waals surface area contributed by atoms with E-state index in [9.17, 15) is 4.79 Å². The Balaban J connectivity index is 2.03. The highest BCUT2D eigenvalue weighted by molar-refractivity contribution is 5.93. The van der Waals surface area contributed by atoms with Gasteiger partial charge in [-0.05, 0) is 45.6 Å². The second kappa shape index (κ2) is 5.67. The lowest BCUT2D eigenvalue weighted by Crippen LogP contribution is -2.46. The van der Waals surface area contributed by atoms with Gasteiger partial charge in [-0.15, -0.1) is 0 Å². The molecule has 0 aromatic heterocycles. The number of likely N-dealkylation sites (tertiary alicyclic amines) is 1. The molecule has 1 amide bonds. The van der Waals surface area contributed by atoms with Crippen LogP contribution in [0.4, 0.5) is 0 Å². The van der Waals surface area contributed by atoms with Crippen molar-refractivity contribution in [3.8, 4) is 0 Å². The summed E-state index contributed by atoms with van der Waals surface area (Å²) in [7, 11) is 0. The molecule has 3 heteroatoms. The molecule has 2 fully saturated rings. The van der Waals surface area contributed by atoms with Gasteiger partial charge in [-0.1, -0.05) is 13.0 Å². The van der Waals surface area contributed by atoms with Crippen molar-refractivity contribution in [3.63, 3.8) is 0 Å². The molecule has 2 aliphatic rings. The highest BCUT2D eigenvalue weighted by atomic mass is 16.2. The van der Waals surface area contributed by atoms with E-state index < -0.39 is 0 Å². The van der Waals surface area contributed by atoms with Crippen LogP contribution in [0.3, 0.4) is 0 Å². The molecule has 0 aromatic rings. The van der Waals surface area contributed by atoms with Gasteiger partial charge in [-0.2, -0.15) is 0 Å². The fraction of sp³-hybridized carbons (Fsp3) is 0.786. The van der Waals surface area contributed by atoms with Gasteiger partial charge in [0.05, 0.1) is 0 Å². The maximum absolute atomic E-state index is 12.3. The number of rotatable bonds is 3. The summed E-state index contributed by atoms with van der Waals surface area (Å²) in [5.74, 6) is 0.253. The van der Waals surface area contributed by atoms with Crippen molar-refractivity contribution in [2.24, 2.45) is 0 Å². The number of carbonyl (C=O) groups excluding carboxylic acids is 1. The average molecular weight is 236 g/mol. The van der Waals surface area contributed by atoms with Crippen LogP contribution in [-0.2, 0) is 4.79 Å². The summed E-state index contributed by atoms with van der Waals surface area (Å²) in [4.78, 5) is 14.4. The van der Waals surface area contributed by atoms with E-state index >= 15 is 0 Å². The molecular weight excluding hydrogens is 212 g/mol. The minimum Gasteiger partial charge on any atom is -0.334 e. The Morgan fingerprint density at radius 2 is 2.24 bits per heavy atom. The van der Waals surface area contributed by atoms with Gasteiger partial charge in [0.15, 0.2) is 0 Å². The molecule has 2 heterocycles. The number of nitrogens with zero attached hydrogens (tertiary/aromatic N) is 1. The molecule has 2 saturated heterocycles. The molecule has 1 N–H and O–H groups in total. The molecule has 0 aliphatic carbocycles. The summed E-state index contributed by atoms with van der Waals surface area (Å²) in [6.45, 7) is 6.09. The van der Waals surface area contributed by atoms with Gasteiger partial charge in [-0.25, -0.2) is 0 Å². The van der Waals surface area contributed by atoms with Gasteiger partial charge in [-0.3, -0.25) is 4.79 Å². The Kier molecular flexibility index (Phi) is 4.21. The highest BCUT2D eigenvalue weighted by Gasteiger charge is 2.35. The normalized spacial score (nSPS) is 30.0. The fourth-order valence-electron chi connectivity index (χ4n) is 3.12. The molecule has 0 bridgehead atoms. The number of hydrogen-bond donors (Lipinski definition) is 1. The van der Waals surface area contributed by atoms with Gasteiger partial charge in [0.25, 0.3) is 0 Å². The van der Waals surface area contributed by atoms with Crippen LogP contribution in [0, 0.1) is 0 Å². The first kappa shape index (κ1) is 12.6. The smallest absolute Gasteiger partial charge is 0.249 e. The predicted molar refractivity (Wildman–Crippen MR) is 69.8 cm³/mol. The molecule has 2 unspecified atom stereocenters. The van der Waals surface area contributed by atoms with Crippen molar-refractivity contribution >= 4 is 5.91 Å². The minimum absolute atomic E-state index is 0.253. The zero-order valence-electron chi connectivity index (χ0n) is 11.0. The van der Waals surface area contributed by atoms with Gasteiger partial charge >= 0.3 is 0 Å². The third-order valence-corrected chi connectivity index (χ3v) is 3.97. The Morgan fingerprint density at radius 1 is 1.41 bits per heavy atom. The topological polar surface area (TPSA) is 32.3 Å². The van der Waals surface area contributed by atoms with E-state index in [0.29, 0.717) is 12.1 Å². The second-order valence-corrected chi connectivity index (χ2v) is 5.21. The third kappa shape index (κ3) is 2.71. The maximum atomic E-state index is 12.3. The van der Waals surface area contributed by atoms with Crippen LogP contribution in [0.5, 0.6) is 0 Å².